The topological polar surface area (TPSA) is 40.7 Å². The zero-order valence-corrected chi connectivity index (χ0v) is 9.01. The maximum Gasteiger partial charge on any atom is 0.0931 e. The standard InChI is InChI=1S/C13H13N3/c1-8-3-12-4-13(12,6-14-5-12)9(8)2-11-10(1)15-7-16-11/h1-2,7,14H,3-6H2,(H,15,16). The van der Waals surface area contributed by atoms with Gasteiger partial charge in [-0.2, -0.15) is 0 Å². The summed E-state index contributed by atoms with van der Waals surface area (Å²) in [6, 6.07) is 4.64. The van der Waals surface area contributed by atoms with Gasteiger partial charge in [-0.05, 0) is 41.5 Å². The van der Waals surface area contributed by atoms with Crippen molar-refractivity contribution in [3.8, 4) is 0 Å². The monoisotopic (exact) mass is 211 g/mol. The molecule has 2 atom stereocenters. The molecule has 3 aliphatic rings. The summed E-state index contributed by atoms with van der Waals surface area (Å²) in [7, 11) is 0. The normalized spacial score (nSPS) is 38.5. The van der Waals surface area contributed by atoms with Crippen LogP contribution in [0.4, 0.5) is 0 Å². The Morgan fingerprint density at radius 3 is 3.25 bits per heavy atom. The third-order valence-corrected chi connectivity index (χ3v) is 5.11. The first-order chi connectivity index (χ1) is 7.83. The van der Waals surface area contributed by atoms with E-state index in [0.29, 0.717) is 10.8 Å². The van der Waals surface area contributed by atoms with Gasteiger partial charge in [0.2, 0.25) is 0 Å². The van der Waals surface area contributed by atoms with Gasteiger partial charge in [0, 0.05) is 18.5 Å². The lowest BCUT2D eigenvalue weighted by Gasteiger charge is -2.13. The molecule has 2 aromatic rings. The molecule has 2 unspecified atom stereocenters. The molecule has 0 bridgehead atoms. The predicted molar refractivity (Wildman–Crippen MR) is 61.4 cm³/mol. The van der Waals surface area contributed by atoms with E-state index < -0.39 is 0 Å². The van der Waals surface area contributed by atoms with Crippen molar-refractivity contribution in [1.82, 2.24) is 15.3 Å². The number of nitrogens with zero attached hydrogens (tertiary/aromatic N) is 1. The van der Waals surface area contributed by atoms with Crippen LogP contribution in [0.2, 0.25) is 0 Å². The third-order valence-electron chi connectivity index (χ3n) is 5.11. The summed E-state index contributed by atoms with van der Waals surface area (Å²) in [6.45, 7) is 2.39. The van der Waals surface area contributed by atoms with Crippen molar-refractivity contribution < 1.29 is 0 Å². The molecule has 1 aromatic carbocycles. The van der Waals surface area contributed by atoms with Crippen LogP contribution in [0.15, 0.2) is 18.5 Å². The maximum absolute atomic E-state index is 4.38. The number of rotatable bonds is 0. The number of piperidine rings is 1. The Labute approximate surface area is 93.3 Å². The van der Waals surface area contributed by atoms with Crippen LogP contribution in [0.1, 0.15) is 17.5 Å². The van der Waals surface area contributed by atoms with E-state index in [2.05, 4.69) is 27.4 Å². The number of benzene rings is 1. The molecule has 3 nitrogen and oxygen atoms in total. The van der Waals surface area contributed by atoms with Gasteiger partial charge in [0.15, 0.2) is 0 Å². The molecular weight excluding hydrogens is 198 g/mol. The van der Waals surface area contributed by atoms with Crippen molar-refractivity contribution in [2.24, 2.45) is 5.41 Å². The highest BCUT2D eigenvalue weighted by Gasteiger charge is 2.73. The molecule has 0 amide bonds. The molecule has 2 fully saturated rings. The molecule has 5 rings (SSSR count). The van der Waals surface area contributed by atoms with Crippen LogP contribution in [0.25, 0.3) is 11.0 Å². The van der Waals surface area contributed by atoms with Gasteiger partial charge in [0.05, 0.1) is 17.4 Å². The molecule has 3 heteroatoms. The molecule has 2 aliphatic carbocycles. The lowest BCUT2D eigenvalue weighted by atomic mass is 9.95. The first kappa shape index (κ1) is 7.85. The molecule has 80 valence electrons. The van der Waals surface area contributed by atoms with E-state index in [4.69, 9.17) is 0 Å². The molecule has 1 aromatic heterocycles. The molecule has 1 saturated heterocycles. The summed E-state index contributed by atoms with van der Waals surface area (Å²) in [5, 5.41) is 3.56. The van der Waals surface area contributed by atoms with E-state index in [1.165, 1.54) is 31.4 Å². The van der Waals surface area contributed by atoms with Crippen molar-refractivity contribution >= 4 is 11.0 Å². The quantitative estimate of drug-likeness (QED) is 0.690. The van der Waals surface area contributed by atoms with Crippen LogP contribution in [0.3, 0.4) is 0 Å². The van der Waals surface area contributed by atoms with Crippen LogP contribution in [-0.4, -0.2) is 23.1 Å². The number of hydrogen-bond acceptors (Lipinski definition) is 2. The number of nitrogens with one attached hydrogen (secondary N) is 2. The lowest BCUT2D eigenvalue weighted by molar-refractivity contribution is 0.522. The Bertz CT molecular complexity index is 625. The predicted octanol–water partition coefficient (Wildman–Crippen LogP) is 1.35. The number of fused-ring (bicyclic) bond motifs is 2. The zero-order chi connectivity index (χ0) is 10.4. The SMILES string of the molecule is c1nc2cc3c(cc2[nH]1)CC12CNCC31C2. The summed E-state index contributed by atoms with van der Waals surface area (Å²) in [5.74, 6) is 0. The van der Waals surface area contributed by atoms with Gasteiger partial charge in [-0.25, -0.2) is 4.98 Å². The Morgan fingerprint density at radius 1 is 1.25 bits per heavy atom. The fourth-order valence-corrected chi connectivity index (χ4v) is 4.28. The Kier molecular flexibility index (Phi) is 1.01. The molecule has 0 radical (unpaired) electrons. The second-order valence-electron chi connectivity index (χ2n) is 5.75. The Morgan fingerprint density at radius 2 is 2.25 bits per heavy atom. The molecule has 0 spiro atoms. The largest absolute Gasteiger partial charge is 0.345 e. The zero-order valence-electron chi connectivity index (χ0n) is 9.01. The van der Waals surface area contributed by atoms with Crippen molar-refractivity contribution in [3.63, 3.8) is 0 Å². The number of hydrogen-bond donors (Lipinski definition) is 2. The molecule has 1 saturated carbocycles. The molecule has 1 aliphatic heterocycles. The van der Waals surface area contributed by atoms with Crippen molar-refractivity contribution in [3.05, 3.63) is 29.6 Å². The van der Waals surface area contributed by atoms with Crippen LogP contribution in [-0.2, 0) is 11.8 Å². The van der Waals surface area contributed by atoms with Gasteiger partial charge in [-0.15, -0.1) is 0 Å². The maximum atomic E-state index is 4.38. The number of H-pyrrole nitrogens is 1. The van der Waals surface area contributed by atoms with Gasteiger partial charge in [-0.3, -0.25) is 0 Å². The van der Waals surface area contributed by atoms with Crippen molar-refractivity contribution in [2.75, 3.05) is 13.1 Å². The van der Waals surface area contributed by atoms with Crippen LogP contribution in [0.5, 0.6) is 0 Å². The van der Waals surface area contributed by atoms with Gasteiger partial charge < -0.3 is 10.3 Å². The minimum absolute atomic E-state index is 0.482. The first-order valence-corrected chi connectivity index (χ1v) is 6.00. The summed E-state index contributed by atoms with van der Waals surface area (Å²) in [6.07, 6.45) is 4.46. The van der Waals surface area contributed by atoms with E-state index >= 15 is 0 Å². The minimum atomic E-state index is 0.482. The first-order valence-electron chi connectivity index (χ1n) is 6.00. The average molecular weight is 211 g/mol. The molecule has 16 heavy (non-hydrogen) atoms. The Hall–Kier alpha value is -1.35. The van der Waals surface area contributed by atoms with E-state index in [1.54, 1.807) is 17.5 Å². The molecule has 2 heterocycles. The highest BCUT2D eigenvalue weighted by atomic mass is 15.0. The second-order valence-corrected chi connectivity index (χ2v) is 5.75. The van der Waals surface area contributed by atoms with Gasteiger partial charge in [0.25, 0.3) is 0 Å². The van der Waals surface area contributed by atoms with Crippen molar-refractivity contribution in [2.45, 2.75) is 18.3 Å². The number of aromatic nitrogens is 2. The summed E-state index contributed by atoms with van der Waals surface area (Å²) >= 11 is 0. The highest BCUT2D eigenvalue weighted by Crippen LogP contribution is 2.73. The van der Waals surface area contributed by atoms with E-state index in [-0.39, 0.29) is 0 Å². The highest BCUT2D eigenvalue weighted by molar-refractivity contribution is 5.79. The van der Waals surface area contributed by atoms with Crippen LogP contribution >= 0.6 is 0 Å². The van der Waals surface area contributed by atoms with E-state index in [0.717, 1.165) is 5.52 Å². The molecular formula is C13H13N3. The fraction of sp³-hybridized carbons (Fsp3) is 0.462. The minimum Gasteiger partial charge on any atom is -0.345 e. The Balaban J connectivity index is 1.85. The lowest BCUT2D eigenvalue weighted by Crippen LogP contribution is -2.21. The fourth-order valence-electron chi connectivity index (χ4n) is 4.28. The van der Waals surface area contributed by atoms with E-state index in [9.17, 15) is 0 Å². The third kappa shape index (κ3) is 0.619. The summed E-state index contributed by atoms with van der Waals surface area (Å²) < 4.78 is 0. The second kappa shape index (κ2) is 2.05. The van der Waals surface area contributed by atoms with Crippen LogP contribution in [0, 0.1) is 5.41 Å². The summed E-state index contributed by atoms with van der Waals surface area (Å²) in [4.78, 5) is 7.60. The van der Waals surface area contributed by atoms with Gasteiger partial charge in [0.1, 0.15) is 0 Å². The number of imidazole rings is 1. The number of aromatic amines is 1. The van der Waals surface area contributed by atoms with E-state index in [1.807, 2.05) is 0 Å². The average Bonchev–Trinajstić information content (AvgIpc) is 2.66. The van der Waals surface area contributed by atoms with Gasteiger partial charge >= 0.3 is 0 Å². The van der Waals surface area contributed by atoms with Crippen molar-refractivity contribution in [1.29, 1.82) is 0 Å². The summed E-state index contributed by atoms with van der Waals surface area (Å²) in [5.41, 5.74) is 6.52. The molecule has 2 N–H and O–H groups in total. The van der Waals surface area contributed by atoms with Gasteiger partial charge in [-0.1, -0.05) is 0 Å². The smallest absolute Gasteiger partial charge is 0.0931 e. The van der Waals surface area contributed by atoms with Crippen LogP contribution < -0.4 is 5.32 Å².